The Hall–Kier alpha value is -4.14. The fraction of sp³-hybridized carbons (Fsp3) is 0.212. The molecule has 0 spiro atoms. The number of benzene rings is 4. The average Bonchev–Trinajstić information content (AvgIpc) is 3.35. The van der Waals surface area contributed by atoms with Crippen molar-refractivity contribution in [1.29, 1.82) is 10.5 Å². The Morgan fingerprint density at radius 3 is 1.03 bits per heavy atom. The zero-order chi connectivity index (χ0) is 23.9. The summed E-state index contributed by atoms with van der Waals surface area (Å²) in [5.41, 5.74) is 9.75. The molecule has 0 atom stereocenters. The molecule has 0 aliphatic heterocycles. The highest BCUT2D eigenvalue weighted by Gasteiger charge is 2.52. The van der Waals surface area contributed by atoms with Crippen LogP contribution in [0.25, 0.3) is 22.3 Å². The van der Waals surface area contributed by atoms with Crippen molar-refractivity contribution in [2.45, 2.75) is 42.9 Å². The van der Waals surface area contributed by atoms with Crippen LogP contribution >= 0.6 is 0 Å². The van der Waals surface area contributed by atoms with E-state index in [1.165, 1.54) is 44.5 Å². The van der Waals surface area contributed by atoms with Crippen molar-refractivity contribution in [1.82, 2.24) is 0 Å². The number of nitriles is 2. The van der Waals surface area contributed by atoms with Crippen LogP contribution in [0.15, 0.2) is 97.1 Å². The molecule has 4 aromatic rings. The lowest BCUT2D eigenvalue weighted by molar-refractivity contribution is 0.330. The van der Waals surface area contributed by atoms with E-state index in [0.29, 0.717) is 12.8 Å². The van der Waals surface area contributed by atoms with Gasteiger partial charge in [-0.3, -0.25) is 0 Å². The molecule has 0 saturated carbocycles. The Labute approximate surface area is 207 Å². The second-order valence-corrected chi connectivity index (χ2v) is 9.84. The molecule has 0 fully saturated rings. The van der Waals surface area contributed by atoms with Gasteiger partial charge < -0.3 is 0 Å². The monoisotopic (exact) mass is 450 g/mol. The van der Waals surface area contributed by atoms with Crippen LogP contribution in [0.2, 0.25) is 0 Å². The van der Waals surface area contributed by atoms with E-state index in [2.05, 4.69) is 109 Å². The fourth-order valence-corrected chi connectivity index (χ4v) is 6.98. The Morgan fingerprint density at radius 2 is 0.743 bits per heavy atom. The van der Waals surface area contributed by atoms with Gasteiger partial charge in [-0.05, 0) is 63.8 Å². The number of nitrogens with zero attached hydrogens (tertiary/aromatic N) is 2. The molecule has 2 aliphatic carbocycles. The van der Waals surface area contributed by atoms with Crippen molar-refractivity contribution < 1.29 is 0 Å². The van der Waals surface area contributed by atoms with Crippen LogP contribution in [0.1, 0.15) is 54.4 Å². The Morgan fingerprint density at radius 1 is 0.457 bits per heavy atom. The number of rotatable bonds is 6. The Kier molecular flexibility index (Phi) is 5.05. The molecule has 6 rings (SSSR count). The molecule has 0 unspecified atom stereocenters. The summed E-state index contributed by atoms with van der Waals surface area (Å²) < 4.78 is 0. The minimum Gasteiger partial charge on any atom is -0.198 e. The molecule has 0 saturated heterocycles. The summed E-state index contributed by atoms with van der Waals surface area (Å²) in [5, 5.41) is 19.5. The second-order valence-electron chi connectivity index (χ2n) is 9.84. The third-order valence-corrected chi connectivity index (χ3v) is 8.28. The highest BCUT2D eigenvalue weighted by atomic mass is 14.5. The van der Waals surface area contributed by atoms with Crippen LogP contribution in [-0.4, -0.2) is 0 Å². The van der Waals surface area contributed by atoms with E-state index in [0.717, 1.165) is 19.3 Å². The smallest absolute Gasteiger partial charge is 0.0622 e. The predicted molar refractivity (Wildman–Crippen MR) is 140 cm³/mol. The maximum Gasteiger partial charge on any atom is 0.0622 e. The first-order valence-electron chi connectivity index (χ1n) is 12.4. The van der Waals surface area contributed by atoms with Gasteiger partial charge in [0.2, 0.25) is 0 Å². The lowest BCUT2D eigenvalue weighted by Gasteiger charge is -2.42. The zero-order valence-electron chi connectivity index (χ0n) is 19.7. The van der Waals surface area contributed by atoms with Gasteiger partial charge in [-0.15, -0.1) is 0 Å². The van der Waals surface area contributed by atoms with E-state index in [1.807, 2.05) is 0 Å². The van der Waals surface area contributed by atoms with Crippen LogP contribution < -0.4 is 0 Å². The standard InChI is InChI=1S/C33H26N2/c34-21-9-19-32(28-15-5-1-11-24(28)25-12-2-6-16-29(25)32)23-33(20-10-22-35)30-17-7-3-13-26(30)27-14-4-8-18-31(27)33/h1-8,11-18H,9-10,19-20,23H2. The predicted octanol–water partition coefficient (Wildman–Crippen LogP) is 7.92. The maximum absolute atomic E-state index is 9.73. The van der Waals surface area contributed by atoms with Gasteiger partial charge in [0.05, 0.1) is 12.1 Å². The van der Waals surface area contributed by atoms with E-state index >= 15 is 0 Å². The second kappa shape index (κ2) is 8.26. The summed E-state index contributed by atoms with van der Waals surface area (Å²) in [6, 6.07) is 39.8. The summed E-state index contributed by atoms with van der Waals surface area (Å²) in [4.78, 5) is 0. The van der Waals surface area contributed by atoms with Crippen LogP contribution in [0.4, 0.5) is 0 Å². The molecule has 2 nitrogen and oxygen atoms in total. The van der Waals surface area contributed by atoms with Crippen LogP contribution in [0.3, 0.4) is 0 Å². The van der Waals surface area contributed by atoms with E-state index in [1.54, 1.807) is 0 Å². The molecule has 0 aromatic heterocycles. The van der Waals surface area contributed by atoms with E-state index in [-0.39, 0.29) is 10.8 Å². The van der Waals surface area contributed by atoms with Gasteiger partial charge in [-0.1, -0.05) is 97.1 Å². The number of hydrogen-bond acceptors (Lipinski definition) is 2. The molecular weight excluding hydrogens is 424 g/mol. The van der Waals surface area contributed by atoms with Crippen molar-refractivity contribution in [3.63, 3.8) is 0 Å². The normalized spacial score (nSPS) is 15.3. The Balaban J connectivity index is 1.65. The first-order chi connectivity index (χ1) is 17.2. The third-order valence-electron chi connectivity index (χ3n) is 8.28. The summed E-state index contributed by atoms with van der Waals surface area (Å²) in [6.45, 7) is 0. The quantitative estimate of drug-likeness (QED) is 0.299. The molecule has 2 heteroatoms. The molecule has 0 N–H and O–H groups in total. The molecular formula is C33H26N2. The van der Waals surface area contributed by atoms with Gasteiger partial charge in [0.25, 0.3) is 0 Å². The average molecular weight is 451 g/mol. The molecule has 0 radical (unpaired) electrons. The van der Waals surface area contributed by atoms with Gasteiger partial charge in [0, 0.05) is 23.7 Å². The topological polar surface area (TPSA) is 47.6 Å². The molecule has 0 heterocycles. The van der Waals surface area contributed by atoms with Gasteiger partial charge in [0.1, 0.15) is 0 Å². The van der Waals surface area contributed by atoms with Gasteiger partial charge in [0.15, 0.2) is 0 Å². The van der Waals surface area contributed by atoms with Crippen molar-refractivity contribution in [3.8, 4) is 34.4 Å². The molecule has 0 amide bonds. The number of hydrogen-bond donors (Lipinski definition) is 0. The third kappa shape index (κ3) is 3.00. The maximum atomic E-state index is 9.73. The molecule has 2 aliphatic rings. The highest BCUT2D eigenvalue weighted by molar-refractivity contribution is 5.84. The summed E-state index contributed by atoms with van der Waals surface area (Å²) in [7, 11) is 0. The van der Waals surface area contributed by atoms with Crippen LogP contribution in [0.5, 0.6) is 0 Å². The summed E-state index contributed by atoms with van der Waals surface area (Å²) in [5.74, 6) is 0. The fourth-order valence-electron chi connectivity index (χ4n) is 6.98. The van der Waals surface area contributed by atoms with Crippen molar-refractivity contribution in [2.75, 3.05) is 0 Å². The minimum absolute atomic E-state index is 0.303. The highest BCUT2D eigenvalue weighted by Crippen LogP contribution is 2.61. The van der Waals surface area contributed by atoms with E-state index in [9.17, 15) is 10.5 Å². The lowest BCUT2D eigenvalue weighted by atomic mass is 9.60. The zero-order valence-corrected chi connectivity index (χ0v) is 19.7. The number of fused-ring (bicyclic) bond motifs is 6. The van der Waals surface area contributed by atoms with Gasteiger partial charge in [-0.2, -0.15) is 10.5 Å². The van der Waals surface area contributed by atoms with E-state index < -0.39 is 0 Å². The van der Waals surface area contributed by atoms with Gasteiger partial charge >= 0.3 is 0 Å². The molecule has 168 valence electrons. The van der Waals surface area contributed by atoms with Crippen molar-refractivity contribution in [2.24, 2.45) is 0 Å². The van der Waals surface area contributed by atoms with Crippen LogP contribution in [0, 0.1) is 22.7 Å². The van der Waals surface area contributed by atoms with Crippen LogP contribution in [-0.2, 0) is 10.8 Å². The first kappa shape index (κ1) is 21.4. The molecule has 4 aromatic carbocycles. The lowest BCUT2D eigenvalue weighted by Crippen LogP contribution is -2.37. The minimum atomic E-state index is -0.303. The molecule has 0 bridgehead atoms. The van der Waals surface area contributed by atoms with E-state index in [4.69, 9.17) is 0 Å². The first-order valence-corrected chi connectivity index (χ1v) is 12.4. The molecule has 35 heavy (non-hydrogen) atoms. The van der Waals surface area contributed by atoms with Crippen molar-refractivity contribution in [3.05, 3.63) is 119 Å². The Bertz CT molecular complexity index is 1310. The SMILES string of the molecule is N#CCCC1(CC2(CCC#N)c3ccccc3-c3ccccc32)c2ccccc2-c2ccccc21. The van der Waals surface area contributed by atoms with Gasteiger partial charge in [-0.25, -0.2) is 0 Å². The largest absolute Gasteiger partial charge is 0.198 e. The summed E-state index contributed by atoms with van der Waals surface area (Å²) >= 11 is 0. The van der Waals surface area contributed by atoms with Crippen molar-refractivity contribution >= 4 is 0 Å². The summed E-state index contributed by atoms with van der Waals surface area (Å²) in [6.07, 6.45) is 3.33.